The number of nitrogens with zero attached hydrogens (tertiary/aromatic N) is 1. The average molecular weight is 410 g/mol. The van der Waals surface area contributed by atoms with Crippen LogP contribution in [0.1, 0.15) is 35.7 Å². The number of aromatic nitrogens is 2. The van der Waals surface area contributed by atoms with E-state index in [9.17, 15) is 9.59 Å². The van der Waals surface area contributed by atoms with Crippen LogP contribution in [-0.4, -0.2) is 27.9 Å². The van der Waals surface area contributed by atoms with Crippen LogP contribution in [0, 0.1) is 6.92 Å². The minimum absolute atomic E-state index is 0.0335. The monoisotopic (exact) mass is 409 g/mol. The summed E-state index contributed by atoms with van der Waals surface area (Å²) in [5.74, 6) is 0.888. The number of carbonyl (C=O) groups is 1. The number of aryl methyl sites for hydroxylation is 1. The number of hydrogen-bond donors (Lipinski definition) is 2. The molecule has 1 atom stereocenters. The average Bonchev–Trinajstić information content (AvgIpc) is 2.61. The summed E-state index contributed by atoms with van der Waals surface area (Å²) in [7, 11) is 0. The van der Waals surface area contributed by atoms with Crippen LogP contribution in [0.4, 0.5) is 0 Å². The number of carbonyl (C=O) groups excluding carboxylic acids is 1. The standard InChI is InChI=1S/C18H20ClN3O2S2/c1-10-12(17(24)22-18(20-10)25-2)4-6-16(23)21-14-7-8-26-15-5-3-11(19)9-13(14)15/h3,5,9,14H,4,6-8H2,1-2H3,(H,21,23)(H,20,22,24)/t14-/m1/s1. The van der Waals surface area contributed by atoms with Crippen LogP contribution in [-0.2, 0) is 11.2 Å². The maximum absolute atomic E-state index is 12.4. The molecule has 1 amide bonds. The van der Waals surface area contributed by atoms with E-state index in [-0.39, 0.29) is 23.9 Å². The van der Waals surface area contributed by atoms with E-state index >= 15 is 0 Å². The van der Waals surface area contributed by atoms with E-state index < -0.39 is 0 Å². The molecule has 3 rings (SSSR count). The van der Waals surface area contributed by atoms with E-state index in [0.29, 0.717) is 27.9 Å². The molecule has 1 aliphatic rings. The van der Waals surface area contributed by atoms with Gasteiger partial charge in [0.2, 0.25) is 5.91 Å². The third kappa shape index (κ3) is 4.45. The van der Waals surface area contributed by atoms with Gasteiger partial charge in [-0.3, -0.25) is 9.59 Å². The van der Waals surface area contributed by atoms with Gasteiger partial charge in [-0.15, -0.1) is 11.8 Å². The summed E-state index contributed by atoms with van der Waals surface area (Å²) in [5, 5.41) is 4.35. The zero-order valence-electron chi connectivity index (χ0n) is 14.6. The zero-order valence-corrected chi connectivity index (χ0v) is 17.0. The Morgan fingerprint density at radius 3 is 3.04 bits per heavy atom. The number of fused-ring (bicyclic) bond motifs is 1. The van der Waals surface area contributed by atoms with E-state index in [1.165, 1.54) is 11.8 Å². The van der Waals surface area contributed by atoms with Crippen LogP contribution < -0.4 is 10.9 Å². The van der Waals surface area contributed by atoms with Crippen LogP contribution in [0.25, 0.3) is 0 Å². The highest BCUT2D eigenvalue weighted by Gasteiger charge is 2.22. The Bertz CT molecular complexity index is 885. The number of rotatable bonds is 5. The quantitative estimate of drug-likeness (QED) is 0.581. The molecule has 1 aromatic carbocycles. The molecule has 0 saturated carbocycles. The highest BCUT2D eigenvalue weighted by atomic mass is 35.5. The minimum Gasteiger partial charge on any atom is -0.349 e. The number of benzene rings is 1. The second-order valence-electron chi connectivity index (χ2n) is 6.08. The molecule has 138 valence electrons. The minimum atomic E-state index is -0.166. The number of thioether (sulfide) groups is 2. The first kappa shape index (κ1) is 19.3. The highest BCUT2D eigenvalue weighted by Crippen LogP contribution is 2.37. The topological polar surface area (TPSA) is 74.8 Å². The molecule has 2 N–H and O–H groups in total. The Balaban J connectivity index is 1.66. The van der Waals surface area contributed by atoms with E-state index in [2.05, 4.69) is 15.3 Å². The molecule has 0 unspecified atom stereocenters. The molecule has 0 radical (unpaired) electrons. The van der Waals surface area contributed by atoms with Gasteiger partial charge in [0, 0.05) is 33.3 Å². The van der Waals surface area contributed by atoms with Gasteiger partial charge in [-0.1, -0.05) is 23.4 Å². The fourth-order valence-corrected chi connectivity index (χ4v) is 4.71. The van der Waals surface area contributed by atoms with Gasteiger partial charge in [0.1, 0.15) is 0 Å². The smallest absolute Gasteiger partial charge is 0.254 e. The van der Waals surface area contributed by atoms with Gasteiger partial charge < -0.3 is 10.3 Å². The van der Waals surface area contributed by atoms with Crippen molar-refractivity contribution in [1.29, 1.82) is 0 Å². The number of nitrogens with one attached hydrogen (secondary N) is 2. The van der Waals surface area contributed by atoms with Crippen molar-refractivity contribution in [3.8, 4) is 0 Å². The Labute approximate surface area is 165 Å². The highest BCUT2D eigenvalue weighted by molar-refractivity contribution is 7.99. The molecule has 0 bridgehead atoms. The van der Waals surface area contributed by atoms with E-state index in [1.54, 1.807) is 18.7 Å². The van der Waals surface area contributed by atoms with E-state index in [1.807, 2.05) is 24.5 Å². The molecule has 1 aliphatic heterocycles. The van der Waals surface area contributed by atoms with Crippen LogP contribution in [0.15, 0.2) is 33.0 Å². The molecule has 1 aromatic heterocycles. The van der Waals surface area contributed by atoms with Crippen LogP contribution in [0.2, 0.25) is 5.02 Å². The lowest BCUT2D eigenvalue weighted by Crippen LogP contribution is -2.31. The SMILES string of the molecule is CSc1nc(C)c(CCC(=O)N[C@@H]2CCSc3ccc(Cl)cc32)c(=O)[nH]1. The van der Waals surface area contributed by atoms with E-state index in [0.717, 1.165) is 22.6 Å². The van der Waals surface area contributed by atoms with Gasteiger partial charge in [0.15, 0.2) is 5.16 Å². The molecule has 0 spiro atoms. The Morgan fingerprint density at radius 2 is 2.31 bits per heavy atom. The summed E-state index contributed by atoms with van der Waals surface area (Å²) < 4.78 is 0. The third-order valence-electron chi connectivity index (χ3n) is 4.34. The molecule has 5 nitrogen and oxygen atoms in total. The van der Waals surface area contributed by atoms with Crippen molar-refractivity contribution >= 4 is 41.0 Å². The molecule has 2 aromatic rings. The number of amides is 1. The van der Waals surface area contributed by atoms with Gasteiger partial charge in [0.25, 0.3) is 5.56 Å². The number of aromatic amines is 1. The van der Waals surface area contributed by atoms with Gasteiger partial charge >= 0.3 is 0 Å². The van der Waals surface area contributed by atoms with Gasteiger partial charge in [-0.05, 0) is 49.8 Å². The van der Waals surface area contributed by atoms with Crippen molar-refractivity contribution in [1.82, 2.24) is 15.3 Å². The number of H-pyrrole nitrogens is 1. The molecule has 0 fully saturated rings. The van der Waals surface area contributed by atoms with Crippen LogP contribution >= 0.6 is 35.1 Å². The third-order valence-corrected chi connectivity index (χ3v) is 6.28. The van der Waals surface area contributed by atoms with E-state index in [4.69, 9.17) is 11.6 Å². The summed E-state index contributed by atoms with van der Waals surface area (Å²) in [6.45, 7) is 1.80. The Kier molecular flexibility index (Phi) is 6.32. The molecule has 0 saturated heterocycles. The lowest BCUT2D eigenvalue weighted by atomic mass is 10.0. The molecule has 0 aliphatic carbocycles. The van der Waals surface area contributed by atoms with Crippen molar-refractivity contribution in [3.05, 3.63) is 50.4 Å². The summed E-state index contributed by atoms with van der Waals surface area (Å²) in [4.78, 5) is 32.8. The largest absolute Gasteiger partial charge is 0.349 e. The second-order valence-corrected chi connectivity index (χ2v) is 8.45. The first-order valence-electron chi connectivity index (χ1n) is 8.33. The predicted molar refractivity (Wildman–Crippen MR) is 107 cm³/mol. The van der Waals surface area contributed by atoms with Gasteiger partial charge in [-0.2, -0.15) is 0 Å². The first-order valence-corrected chi connectivity index (χ1v) is 10.9. The predicted octanol–water partition coefficient (Wildman–Crippen LogP) is 3.74. The fourth-order valence-electron chi connectivity index (χ4n) is 3.00. The fraction of sp³-hybridized carbons (Fsp3) is 0.389. The van der Waals surface area contributed by atoms with Crippen LogP contribution in [0.5, 0.6) is 0 Å². The van der Waals surface area contributed by atoms with Crippen molar-refractivity contribution in [2.24, 2.45) is 0 Å². The molecule has 8 heteroatoms. The number of hydrogen-bond acceptors (Lipinski definition) is 5. The first-order chi connectivity index (χ1) is 12.5. The lowest BCUT2D eigenvalue weighted by Gasteiger charge is -2.26. The van der Waals surface area contributed by atoms with Crippen molar-refractivity contribution in [3.63, 3.8) is 0 Å². The normalized spacial score (nSPS) is 16.2. The maximum Gasteiger partial charge on any atom is 0.254 e. The maximum atomic E-state index is 12.4. The lowest BCUT2D eigenvalue weighted by molar-refractivity contribution is -0.121. The van der Waals surface area contributed by atoms with Crippen molar-refractivity contribution in [2.45, 2.75) is 42.3 Å². The Hall–Kier alpha value is -1.44. The molecular formula is C18H20ClN3O2S2. The van der Waals surface area contributed by atoms with Gasteiger partial charge in [0.05, 0.1) is 6.04 Å². The summed E-state index contributed by atoms with van der Waals surface area (Å²) in [6, 6.07) is 5.77. The van der Waals surface area contributed by atoms with Crippen molar-refractivity contribution < 1.29 is 4.79 Å². The molecular weight excluding hydrogens is 390 g/mol. The van der Waals surface area contributed by atoms with Crippen LogP contribution in [0.3, 0.4) is 0 Å². The van der Waals surface area contributed by atoms with Gasteiger partial charge in [-0.25, -0.2) is 4.98 Å². The Morgan fingerprint density at radius 1 is 1.50 bits per heavy atom. The molecule has 26 heavy (non-hydrogen) atoms. The summed E-state index contributed by atoms with van der Waals surface area (Å²) in [6.07, 6.45) is 3.35. The number of halogens is 1. The molecule has 2 heterocycles. The summed E-state index contributed by atoms with van der Waals surface area (Å²) >= 11 is 9.28. The second kappa shape index (κ2) is 8.50. The zero-order chi connectivity index (χ0) is 18.7. The van der Waals surface area contributed by atoms with Crippen molar-refractivity contribution in [2.75, 3.05) is 12.0 Å². The summed E-state index contributed by atoms with van der Waals surface area (Å²) in [5.41, 5.74) is 2.15.